The van der Waals surface area contributed by atoms with Gasteiger partial charge in [0.2, 0.25) is 0 Å². The molecule has 3 nitrogen and oxygen atoms in total. The number of halogens is 1. The van der Waals surface area contributed by atoms with Gasteiger partial charge in [-0.2, -0.15) is 0 Å². The average molecular weight is 361 g/mol. The zero-order valence-electron chi connectivity index (χ0n) is 14.9. The summed E-state index contributed by atoms with van der Waals surface area (Å²) in [4.78, 5) is 15.5. The molecule has 0 aromatic heterocycles. The van der Waals surface area contributed by atoms with Gasteiger partial charge in [0.25, 0.3) is 5.91 Å². The standard InChI is InChI=1S/C21H29ClN2O/c22-16-7-4-6-15(12-16)21(25)23-17-13-19-10-5-11-20(14-17)24(19)18-8-2-1-3-9-18/h4,6-7,12,17-20H,1-3,5,8-11,13-14H2,(H,23,25)/t19-,20-/m0/s1. The maximum Gasteiger partial charge on any atom is 0.251 e. The van der Waals surface area contributed by atoms with Crippen LogP contribution in [0.1, 0.15) is 74.6 Å². The first-order chi connectivity index (χ1) is 12.2. The summed E-state index contributed by atoms with van der Waals surface area (Å²) in [5, 5.41) is 3.91. The van der Waals surface area contributed by atoms with E-state index in [1.807, 2.05) is 18.2 Å². The maximum atomic E-state index is 12.6. The van der Waals surface area contributed by atoms with Crippen molar-refractivity contribution in [3.8, 4) is 0 Å². The molecule has 1 amide bonds. The highest BCUT2D eigenvalue weighted by Crippen LogP contribution is 2.39. The molecule has 2 atom stereocenters. The van der Waals surface area contributed by atoms with Crippen LogP contribution in [0.4, 0.5) is 0 Å². The number of rotatable bonds is 3. The van der Waals surface area contributed by atoms with Gasteiger partial charge >= 0.3 is 0 Å². The Balaban J connectivity index is 1.41. The molecule has 1 aromatic carbocycles. The monoisotopic (exact) mass is 360 g/mol. The van der Waals surface area contributed by atoms with E-state index in [1.54, 1.807) is 6.07 Å². The van der Waals surface area contributed by atoms with Gasteiger partial charge in [-0.15, -0.1) is 0 Å². The zero-order valence-corrected chi connectivity index (χ0v) is 15.7. The first-order valence-electron chi connectivity index (χ1n) is 10.0. The fraction of sp³-hybridized carbons (Fsp3) is 0.667. The molecule has 3 fully saturated rings. The first-order valence-corrected chi connectivity index (χ1v) is 10.4. The number of nitrogens with zero attached hydrogens (tertiary/aromatic N) is 1. The Morgan fingerprint density at radius 3 is 2.32 bits per heavy atom. The van der Waals surface area contributed by atoms with Gasteiger partial charge in [-0.25, -0.2) is 0 Å². The van der Waals surface area contributed by atoms with E-state index in [0.29, 0.717) is 28.7 Å². The van der Waals surface area contributed by atoms with E-state index in [0.717, 1.165) is 18.9 Å². The third-order valence-electron chi connectivity index (χ3n) is 6.45. The fourth-order valence-electron chi connectivity index (χ4n) is 5.41. The molecule has 1 saturated carbocycles. The van der Waals surface area contributed by atoms with Crippen molar-refractivity contribution in [1.82, 2.24) is 10.2 Å². The Morgan fingerprint density at radius 2 is 1.64 bits per heavy atom. The van der Waals surface area contributed by atoms with Gasteiger partial charge in [0.1, 0.15) is 0 Å². The molecule has 4 rings (SSSR count). The lowest BCUT2D eigenvalue weighted by Crippen LogP contribution is -2.60. The van der Waals surface area contributed by atoms with Crippen LogP contribution in [0.5, 0.6) is 0 Å². The molecule has 1 aliphatic carbocycles. The normalized spacial score (nSPS) is 30.8. The van der Waals surface area contributed by atoms with E-state index >= 15 is 0 Å². The van der Waals surface area contributed by atoms with Gasteiger partial charge in [-0.1, -0.05) is 43.4 Å². The smallest absolute Gasteiger partial charge is 0.251 e. The van der Waals surface area contributed by atoms with Crippen LogP contribution in [-0.4, -0.2) is 35.0 Å². The second-order valence-corrected chi connectivity index (χ2v) is 8.57. The third kappa shape index (κ3) is 3.88. The molecule has 25 heavy (non-hydrogen) atoms. The van der Waals surface area contributed by atoms with Crippen molar-refractivity contribution >= 4 is 17.5 Å². The summed E-state index contributed by atoms with van der Waals surface area (Å²) in [6.45, 7) is 0. The van der Waals surface area contributed by atoms with Gasteiger partial charge in [0, 0.05) is 34.8 Å². The summed E-state index contributed by atoms with van der Waals surface area (Å²) >= 11 is 6.03. The first kappa shape index (κ1) is 17.4. The van der Waals surface area contributed by atoms with Gasteiger partial charge in [-0.3, -0.25) is 9.69 Å². The second kappa shape index (κ2) is 7.67. The highest BCUT2D eigenvalue weighted by atomic mass is 35.5. The van der Waals surface area contributed by atoms with Crippen molar-refractivity contribution in [2.24, 2.45) is 0 Å². The van der Waals surface area contributed by atoms with E-state index in [1.165, 1.54) is 51.4 Å². The molecule has 0 radical (unpaired) electrons. The minimum atomic E-state index is 0.0247. The van der Waals surface area contributed by atoms with Crippen LogP contribution < -0.4 is 5.32 Å². The van der Waals surface area contributed by atoms with Crippen LogP contribution in [0.2, 0.25) is 5.02 Å². The third-order valence-corrected chi connectivity index (χ3v) is 6.68. The van der Waals surface area contributed by atoms with Gasteiger partial charge in [0.05, 0.1) is 0 Å². The SMILES string of the molecule is O=C(NC1C[C@@H]2CCC[C@@H](C1)N2C1CCCCC1)c1cccc(Cl)c1. The largest absolute Gasteiger partial charge is 0.349 e. The predicted molar refractivity (Wildman–Crippen MR) is 102 cm³/mol. The molecule has 0 unspecified atom stereocenters. The summed E-state index contributed by atoms with van der Waals surface area (Å²) in [6, 6.07) is 9.70. The van der Waals surface area contributed by atoms with Crippen LogP contribution in [0.3, 0.4) is 0 Å². The topological polar surface area (TPSA) is 32.3 Å². The van der Waals surface area contributed by atoms with Gasteiger partial charge in [-0.05, 0) is 56.7 Å². The number of hydrogen-bond donors (Lipinski definition) is 1. The Morgan fingerprint density at radius 1 is 0.960 bits per heavy atom. The molecule has 2 aliphatic heterocycles. The number of fused-ring (bicyclic) bond motifs is 2. The van der Waals surface area contributed by atoms with E-state index in [9.17, 15) is 4.79 Å². The summed E-state index contributed by atoms with van der Waals surface area (Å²) in [6.07, 6.45) is 13.2. The summed E-state index contributed by atoms with van der Waals surface area (Å²) in [7, 11) is 0. The van der Waals surface area contributed by atoms with Crippen molar-refractivity contribution in [3.63, 3.8) is 0 Å². The van der Waals surface area contributed by atoms with E-state index in [4.69, 9.17) is 11.6 Å². The Kier molecular flexibility index (Phi) is 5.33. The lowest BCUT2D eigenvalue weighted by Gasteiger charge is -2.53. The number of hydrogen-bond acceptors (Lipinski definition) is 2. The Labute approximate surface area is 156 Å². The van der Waals surface area contributed by atoms with Crippen LogP contribution in [0.15, 0.2) is 24.3 Å². The molecule has 136 valence electrons. The van der Waals surface area contributed by atoms with Crippen molar-refractivity contribution in [1.29, 1.82) is 0 Å². The summed E-state index contributed by atoms with van der Waals surface area (Å²) in [5.41, 5.74) is 0.673. The van der Waals surface area contributed by atoms with E-state index in [2.05, 4.69) is 10.2 Å². The van der Waals surface area contributed by atoms with Crippen LogP contribution >= 0.6 is 11.6 Å². The molecule has 0 spiro atoms. The molecule has 4 heteroatoms. The lowest BCUT2D eigenvalue weighted by molar-refractivity contribution is -0.0211. The van der Waals surface area contributed by atoms with Crippen LogP contribution in [0.25, 0.3) is 0 Å². The minimum absolute atomic E-state index is 0.0247. The minimum Gasteiger partial charge on any atom is -0.349 e. The van der Waals surface area contributed by atoms with Crippen molar-refractivity contribution in [2.75, 3.05) is 0 Å². The Hall–Kier alpha value is -1.06. The lowest BCUT2D eigenvalue weighted by atomic mass is 9.78. The van der Waals surface area contributed by atoms with Crippen LogP contribution in [0, 0.1) is 0 Å². The summed E-state index contributed by atoms with van der Waals surface area (Å²) < 4.78 is 0. The molecule has 2 heterocycles. The number of nitrogens with one attached hydrogen (secondary N) is 1. The number of amides is 1. The van der Waals surface area contributed by atoms with E-state index < -0.39 is 0 Å². The van der Waals surface area contributed by atoms with Crippen molar-refractivity contribution in [3.05, 3.63) is 34.9 Å². The number of piperidine rings is 2. The molecule has 1 N–H and O–H groups in total. The molecule has 2 bridgehead atoms. The number of carbonyl (C=O) groups is 1. The van der Waals surface area contributed by atoms with Gasteiger partial charge in [0.15, 0.2) is 0 Å². The number of benzene rings is 1. The number of carbonyl (C=O) groups excluding carboxylic acids is 1. The second-order valence-electron chi connectivity index (χ2n) is 8.13. The summed E-state index contributed by atoms with van der Waals surface area (Å²) in [5.74, 6) is 0.0247. The van der Waals surface area contributed by atoms with E-state index in [-0.39, 0.29) is 5.91 Å². The highest BCUT2D eigenvalue weighted by Gasteiger charge is 2.42. The quantitative estimate of drug-likeness (QED) is 0.840. The molecule has 1 aromatic rings. The molecule has 3 aliphatic rings. The zero-order chi connectivity index (χ0) is 17.2. The van der Waals surface area contributed by atoms with Crippen LogP contribution in [-0.2, 0) is 0 Å². The van der Waals surface area contributed by atoms with Crippen molar-refractivity contribution < 1.29 is 4.79 Å². The Bertz CT molecular complexity index is 600. The maximum absolute atomic E-state index is 12.6. The molecule has 2 saturated heterocycles. The predicted octanol–water partition coefficient (Wildman–Crippen LogP) is 4.79. The highest BCUT2D eigenvalue weighted by molar-refractivity contribution is 6.30. The molecular weight excluding hydrogens is 332 g/mol. The van der Waals surface area contributed by atoms with Gasteiger partial charge < -0.3 is 5.32 Å². The molecular formula is C21H29ClN2O. The van der Waals surface area contributed by atoms with Crippen molar-refractivity contribution in [2.45, 2.75) is 88.4 Å². The average Bonchev–Trinajstić information content (AvgIpc) is 2.61. The fourth-order valence-corrected chi connectivity index (χ4v) is 5.60.